The summed E-state index contributed by atoms with van der Waals surface area (Å²) in [6.45, 7) is 0.626. The van der Waals surface area contributed by atoms with Crippen molar-refractivity contribution in [2.45, 2.75) is 50.0 Å². The van der Waals surface area contributed by atoms with Gasteiger partial charge in [-0.1, -0.05) is 6.08 Å². The monoisotopic (exact) mass is 388 g/mol. The normalized spacial score (nSPS) is 43.6. The molecule has 2 aliphatic heterocycles. The molecule has 1 fully saturated rings. The molecule has 1 aliphatic carbocycles. The van der Waals surface area contributed by atoms with Crippen molar-refractivity contribution in [3.8, 4) is 0 Å². The Morgan fingerprint density at radius 2 is 1.89 bits per heavy atom. The third kappa shape index (κ3) is 4.02. The molecule has 0 amide bonds. The number of rotatable bonds is 5. The maximum Gasteiger partial charge on any atom is 0.302 e. The van der Waals surface area contributed by atoms with E-state index in [9.17, 15) is 30.3 Å². The minimum Gasteiger partial charge on any atom is -0.472 e. The molecular formula is C17H24O10. The molecule has 0 aromatic heterocycles. The number of carbonyl (C=O) groups is 1. The Balaban J connectivity index is 1.74. The molecule has 10 nitrogen and oxygen atoms in total. The van der Waals surface area contributed by atoms with E-state index < -0.39 is 61.6 Å². The van der Waals surface area contributed by atoms with Gasteiger partial charge in [0.25, 0.3) is 0 Å². The molecule has 2 heterocycles. The highest BCUT2D eigenvalue weighted by molar-refractivity contribution is 5.66. The van der Waals surface area contributed by atoms with E-state index in [0.717, 1.165) is 0 Å². The molecule has 10 heteroatoms. The molecule has 9 atom stereocenters. The Morgan fingerprint density at radius 3 is 2.56 bits per heavy atom. The van der Waals surface area contributed by atoms with Crippen LogP contribution in [0.15, 0.2) is 24.0 Å². The van der Waals surface area contributed by atoms with Gasteiger partial charge in [0.2, 0.25) is 6.29 Å². The molecule has 1 saturated heterocycles. The summed E-state index contributed by atoms with van der Waals surface area (Å²) in [6, 6.07) is 0. The fourth-order valence-corrected chi connectivity index (χ4v) is 3.55. The average Bonchev–Trinajstić information content (AvgIpc) is 2.97. The summed E-state index contributed by atoms with van der Waals surface area (Å²) in [5.74, 6) is -1.39. The zero-order valence-electron chi connectivity index (χ0n) is 14.6. The van der Waals surface area contributed by atoms with Crippen LogP contribution in [0.1, 0.15) is 6.92 Å². The van der Waals surface area contributed by atoms with E-state index in [0.29, 0.717) is 5.57 Å². The molecule has 0 spiro atoms. The van der Waals surface area contributed by atoms with Crippen LogP contribution < -0.4 is 0 Å². The first-order chi connectivity index (χ1) is 12.8. The van der Waals surface area contributed by atoms with Gasteiger partial charge in [-0.15, -0.1) is 0 Å². The topological polar surface area (TPSA) is 155 Å². The Hall–Kier alpha value is -1.53. The van der Waals surface area contributed by atoms with Crippen molar-refractivity contribution >= 4 is 5.97 Å². The van der Waals surface area contributed by atoms with Crippen LogP contribution in [0.5, 0.6) is 0 Å². The van der Waals surface area contributed by atoms with Crippen LogP contribution in [0.25, 0.3) is 0 Å². The number of esters is 1. The van der Waals surface area contributed by atoms with Crippen molar-refractivity contribution < 1.29 is 49.3 Å². The molecule has 152 valence electrons. The first kappa shape index (κ1) is 20.2. The predicted octanol–water partition coefficient (Wildman–Crippen LogP) is -2.23. The molecule has 0 aromatic rings. The summed E-state index contributed by atoms with van der Waals surface area (Å²) in [5, 5.41) is 49.4. The first-order valence-corrected chi connectivity index (χ1v) is 8.63. The van der Waals surface area contributed by atoms with Crippen LogP contribution in [0.3, 0.4) is 0 Å². The van der Waals surface area contributed by atoms with Crippen molar-refractivity contribution in [1.29, 1.82) is 0 Å². The lowest BCUT2D eigenvalue weighted by Gasteiger charge is -2.42. The highest BCUT2D eigenvalue weighted by atomic mass is 16.8. The zero-order chi connectivity index (χ0) is 19.7. The number of ether oxygens (including phenoxy) is 4. The number of aliphatic hydroxyl groups is 5. The van der Waals surface area contributed by atoms with Crippen molar-refractivity contribution in [3.63, 3.8) is 0 Å². The number of hydrogen-bond donors (Lipinski definition) is 5. The van der Waals surface area contributed by atoms with Crippen molar-refractivity contribution in [1.82, 2.24) is 0 Å². The second kappa shape index (κ2) is 8.23. The number of fused-ring (bicyclic) bond motifs is 1. The summed E-state index contributed by atoms with van der Waals surface area (Å²) in [5.41, 5.74) is 0.585. The first-order valence-electron chi connectivity index (χ1n) is 8.63. The summed E-state index contributed by atoms with van der Waals surface area (Å²) in [7, 11) is 0. The van der Waals surface area contributed by atoms with Gasteiger partial charge in [0.05, 0.1) is 24.9 Å². The van der Waals surface area contributed by atoms with E-state index in [1.54, 1.807) is 12.2 Å². The third-order valence-electron chi connectivity index (χ3n) is 4.99. The summed E-state index contributed by atoms with van der Waals surface area (Å²) in [6.07, 6.45) is -4.45. The van der Waals surface area contributed by atoms with Gasteiger partial charge in [-0.25, -0.2) is 0 Å². The fourth-order valence-electron chi connectivity index (χ4n) is 3.55. The second-order valence-corrected chi connectivity index (χ2v) is 6.78. The number of carbonyl (C=O) groups excluding carboxylic acids is 1. The lowest BCUT2D eigenvalue weighted by Crippen LogP contribution is -2.60. The quantitative estimate of drug-likeness (QED) is 0.258. The van der Waals surface area contributed by atoms with E-state index in [2.05, 4.69) is 0 Å². The molecule has 0 unspecified atom stereocenters. The standard InChI is InChI=1S/C17H24O10/c1-7(19)25-6-8-4-10(20)9-2-3-24-16(12(8)9)27-17-15(23)14(22)13(21)11(5-18)26-17/h2-4,9-18,20-23H,5-6H2,1H3/t9-,10+,11-,12-,13-,14+,15-,16+,17+/m1/s1. The fraction of sp³-hybridized carbons (Fsp3) is 0.706. The molecule has 0 aromatic carbocycles. The van der Waals surface area contributed by atoms with Crippen LogP contribution in [-0.4, -0.2) is 87.8 Å². The van der Waals surface area contributed by atoms with Gasteiger partial charge < -0.3 is 44.5 Å². The van der Waals surface area contributed by atoms with E-state index in [4.69, 9.17) is 18.9 Å². The minimum absolute atomic E-state index is 0.0562. The Morgan fingerprint density at radius 1 is 1.15 bits per heavy atom. The Labute approximate surface area is 155 Å². The molecular weight excluding hydrogens is 364 g/mol. The highest BCUT2D eigenvalue weighted by Gasteiger charge is 2.49. The van der Waals surface area contributed by atoms with Gasteiger partial charge in [0, 0.05) is 12.8 Å². The van der Waals surface area contributed by atoms with E-state index in [1.807, 2.05) is 0 Å². The van der Waals surface area contributed by atoms with E-state index >= 15 is 0 Å². The molecule has 3 aliphatic rings. The van der Waals surface area contributed by atoms with Crippen LogP contribution in [0.4, 0.5) is 0 Å². The van der Waals surface area contributed by atoms with Gasteiger partial charge in [-0.05, 0) is 11.6 Å². The Kier molecular flexibility index (Phi) is 6.16. The number of hydrogen-bond acceptors (Lipinski definition) is 10. The molecule has 5 N–H and O–H groups in total. The van der Waals surface area contributed by atoms with Crippen LogP contribution in [-0.2, 0) is 23.7 Å². The second-order valence-electron chi connectivity index (χ2n) is 6.78. The minimum atomic E-state index is -1.58. The molecule has 3 rings (SSSR count). The van der Waals surface area contributed by atoms with Gasteiger partial charge in [-0.3, -0.25) is 4.79 Å². The molecule has 0 bridgehead atoms. The van der Waals surface area contributed by atoms with Gasteiger partial charge >= 0.3 is 5.97 Å². The van der Waals surface area contributed by atoms with Gasteiger partial charge in [-0.2, -0.15) is 0 Å². The van der Waals surface area contributed by atoms with Crippen LogP contribution in [0, 0.1) is 11.8 Å². The number of aliphatic hydroxyl groups excluding tert-OH is 5. The third-order valence-corrected chi connectivity index (χ3v) is 4.99. The highest BCUT2D eigenvalue weighted by Crippen LogP contribution is 2.41. The van der Waals surface area contributed by atoms with Crippen LogP contribution >= 0.6 is 0 Å². The summed E-state index contributed by atoms with van der Waals surface area (Å²) >= 11 is 0. The molecule has 0 radical (unpaired) electrons. The van der Waals surface area contributed by atoms with E-state index in [1.165, 1.54) is 13.2 Å². The van der Waals surface area contributed by atoms with Crippen molar-refractivity contribution in [3.05, 3.63) is 24.0 Å². The maximum absolute atomic E-state index is 11.1. The van der Waals surface area contributed by atoms with Crippen molar-refractivity contribution in [2.75, 3.05) is 13.2 Å². The molecule has 27 heavy (non-hydrogen) atoms. The molecule has 0 saturated carbocycles. The average molecular weight is 388 g/mol. The lowest BCUT2D eigenvalue weighted by atomic mass is 9.88. The van der Waals surface area contributed by atoms with Crippen LogP contribution in [0.2, 0.25) is 0 Å². The van der Waals surface area contributed by atoms with Crippen molar-refractivity contribution in [2.24, 2.45) is 11.8 Å². The van der Waals surface area contributed by atoms with Gasteiger partial charge in [0.1, 0.15) is 31.0 Å². The Bertz CT molecular complexity index is 603. The predicted molar refractivity (Wildman–Crippen MR) is 86.6 cm³/mol. The van der Waals surface area contributed by atoms with Gasteiger partial charge in [0.15, 0.2) is 6.29 Å². The lowest BCUT2D eigenvalue weighted by molar-refractivity contribution is -0.339. The summed E-state index contributed by atoms with van der Waals surface area (Å²) < 4.78 is 21.5. The maximum atomic E-state index is 11.1. The van der Waals surface area contributed by atoms with E-state index in [-0.39, 0.29) is 12.5 Å². The summed E-state index contributed by atoms with van der Waals surface area (Å²) in [4.78, 5) is 11.1. The SMILES string of the molecule is CC(=O)OCC1=C[C@H](O)[C@H]2C=CO[C@@H](O[C@@H]3O[C@H](CO)[C@@H](O)[C@H](O)[C@H]3O)[C@H]12. The zero-order valence-corrected chi connectivity index (χ0v) is 14.6. The largest absolute Gasteiger partial charge is 0.472 e. The smallest absolute Gasteiger partial charge is 0.302 e.